The molecule has 182 valence electrons. The van der Waals surface area contributed by atoms with Crippen LogP contribution in [0.2, 0.25) is 10.0 Å². The molecule has 0 atom stereocenters. The molecule has 0 spiro atoms. The van der Waals surface area contributed by atoms with Gasteiger partial charge < -0.3 is 9.73 Å². The Kier molecular flexibility index (Phi) is 7.43. The Hall–Kier alpha value is -3.11. The Labute approximate surface area is 225 Å². The predicted octanol–water partition coefficient (Wildman–Crippen LogP) is 6.92. The molecule has 2 aromatic carbocycles. The third kappa shape index (κ3) is 5.65. The van der Waals surface area contributed by atoms with E-state index in [0.29, 0.717) is 38.3 Å². The number of rotatable bonds is 8. The van der Waals surface area contributed by atoms with Gasteiger partial charge in [0.2, 0.25) is 11.7 Å². The molecule has 0 aliphatic heterocycles. The smallest absolute Gasteiger partial charge is 0.236 e. The van der Waals surface area contributed by atoms with Crippen molar-refractivity contribution in [1.29, 1.82) is 0 Å². The van der Waals surface area contributed by atoms with E-state index in [0.717, 1.165) is 21.7 Å². The highest BCUT2D eigenvalue weighted by atomic mass is 35.5. The number of amides is 1. The van der Waals surface area contributed by atoms with E-state index in [-0.39, 0.29) is 11.7 Å². The minimum absolute atomic E-state index is 0.143. The van der Waals surface area contributed by atoms with Crippen molar-refractivity contribution in [3.8, 4) is 17.3 Å². The van der Waals surface area contributed by atoms with Gasteiger partial charge in [-0.25, -0.2) is 4.98 Å². The molecule has 0 unspecified atom stereocenters. The normalized spacial score (nSPS) is 11.1. The zero-order chi connectivity index (χ0) is 25.1. The van der Waals surface area contributed by atoms with E-state index in [4.69, 9.17) is 27.6 Å². The van der Waals surface area contributed by atoms with E-state index in [2.05, 4.69) is 20.5 Å². The molecule has 0 saturated heterocycles. The van der Waals surface area contributed by atoms with Crippen LogP contribution in [0.15, 0.2) is 76.6 Å². The van der Waals surface area contributed by atoms with Gasteiger partial charge in [-0.3, -0.25) is 9.36 Å². The summed E-state index contributed by atoms with van der Waals surface area (Å²) in [5.74, 6) is 1.12. The summed E-state index contributed by atoms with van der Waals surface area (Å²) >= 11 is 14.8. The molecular formula is C25H19Cl2N5O2S2. The van der Waals surface area contributed by atoms with Crippen LogP contribution >= 0.6 is 46.3 Å². The van der Waals surface area contributed by atoms with Crippen LogP contribution in [-0.4, -0.2) is 31.4 Å². The van der Waals surface area contributed by atoms with E-state index in [1.807, 2.05) is 54.0 Å². The summed E-state index contributed by atoms with van der Waals surface area (Å²) in [5.41, 5.74) is 3.04. The lowest BCUT2D eigenvalue weighted by Crippen LogP contribution is -2.14. The minimum Gasteiger partial charge on any atom is -0.461 e. The number of hydrogen-bond donors (Lipinski definition) is 1. The third-order valence-corrected chi connectivity index (χ3v) is 7.74. The van der Waals surface area contributed by atoms with Gasteiger partial charge in [0.25, 0.3) is 0 Å². The van der Waals surface area contributed by atoms with E-state index in [1.165, 1.54) is 23.1 Å². The number of benzene rings is 2. The number of furan rings is 1. The average molecular weight is 557 g/mol. The molecule has 1 N–H and O–H groups in total. The van der Waals surface area contributed by atoms with Crippen molar-refractivity contribution in [2.24, 2.45) is 0 Å². The van der Waals surface area contributed by atoms with Crippen molar-refractivity contribution in [2.45, 2.75) is 18.5 Å². The second-order valence-electron chi connectivity index (χ2n) is 7.85. The molecule has 3 heterocycles. The number of aryl methyl sites for hydroxylation is 1. The zero-order valence-corrected chi connectivity index (χ0v) is 22.1. The Morgan fingerprint density at radius 3 is 2.69 bits per heavy atom. The lowest BCUT2D eigenvalue weighted by atomic mass is 10.1. The van der Waals surface area contributed by atoms with Crippen LogP contribution in [0.25, 0.3) is 17.3 Å². The van der Waals surface area contributed by atoms with Crippen LogP contribution in [0, 0.1) is 6.92 Å². The van der Waals surface area contributed by atoms with Crippen molar-refractivity contribution in [1.82, 2.24) is 19.7 Å². The van der Waals surface area contributed by atoms with Crippen LogP contribution in [0.1, 0.15) is 16.0 Å². The summed E-state index contributed by atoms with van der Waals surface area (Å²) < 4.78 is 7.43. The Bertz CT molecular complexity index is 1500. The predicted molar refractivity (Wildman–Crippen MR) is 145 cm³/mol. The van der Waals surface area contributed by atoms with Crippen molar-refractivity contribution >= 4 is 57.3 Å². The topological polar surface area (TPSA) is 85.8 Å². The summed E-state index contributed by atoms with van der Waals surface area (Å²) in [5, 5.41) is 13.6. The summed E-state index contributed by atoms with van der Waals surface area (Å²) in [6, 6.07) is 17.2. The van der Waals surface area contributed by atoms with Gasteiger partial charge in [-0.05, 0) is 48.9 Å². The maximum Gasteiger partial charge on any atom is 0.236 e. The SMILES string of the molecule is Cc1ccc(-n2c(SCC(=O)Nc3ncc(Cc4ccc(Cl)c(Cl)c4)s3)nnc2-c2ccco2)cc1. The fraction of sp³-hybridized carbons (Fsp3) is 0.120. The molecule has 0 radical (unpaired) electrons. The molecule has 7 nitrogen and oxygen atoms in total. The molecular weight excluding hydrogens is 537 g/mol. The number of thiazole rings is 1. The van der Waals surface area contributed by atoms with Gasteiger partial charge >= 0.3 is 0 Å². The average Bonchev–Trinajstić information content (AvgIpc) is 3.62. The van der Waals surface area contributed by atoms with Gasteiger partial charge in [0.1, 0.15) is 0 Å². The summed E-state index contributed by atoms with van der Waals surface area (Å²) in [4.78, 5) is 18.0. The molecule has 36 heavy (non-hydrogen) atoms. The van der Waals surface area contributed by atoms with Gasteiger partial charge in [0.15, 0.2) is 16.0 Å². The molecule has 1 amide bonds. The summed E-state index contributed by atoms with van der Waals surface area (Å²) in [7, 11) is 0. The largest absolute Gasteiger partial charge is 0.461 e. The number of nitrogens with zero attached hydrogens (tertiary/aromatic N) is 4. The lowest BCUT2D eigenvalue weighted by Gasteiger charge is -2.09. The molecule has 3 aromatic heterocycles. The van der Waals surface area contributed by atoms with E-state index in [1.54, 1.807) is 24.6 Å². The van der Waals surface area contributed by atoms with Crippen LogP contribution in [0.5, 0.6) is 0 Å². The van der Waals surface area contributed by atoms with Crippen molar-refractivity contribution in [3.63, 3.8) is 0 Å². The van der Waals surface area contributed by atoms with Gasteiger partial charge in [0.05, 0.1) is 22.1 Å². The number of hydrogen-bond acceptors (Lipinski definition) is 7. The molecule has 0 aliphatic carbocycles. The molecule has 5 aromatic rings. The van der Waals surface area contributed by atoms with E-state index in [9.17, 15) is 4.79 Å². The molecule has 0 saturated carbocycles. The quantitative estimate of drug-likeness (QED) is 0.209. The zero-order valence-electron chi connectivity index (χ0n) is 18.9. The first-order chi connectivity index (χ1) is 17.5. The highest BCUT2D eigenvalue weighted by Crippen LogP contribution is 2.29. The summed E-state index contributed by atoms with van der Waals surface area (Å²) in [6.07, 6.45) is 3.99. The Morgan fingerprint density at radius 2 is 1.94 bits per heavy atom. The van der Waals surface area contributed by atoms with Gasteiger partial charge in [-0.15, -0.1) is 21.5 Å². The third-order valence-electron chi connectivity index (χ3n) is 5.16. The number of carbonyl (C=O) groups excluding carboxylic acids is 1. The molecule has 11 heteroatoms. The number of halogens is 2. The Morgan fingerprint density at radius 1 is 1.11 bits per heavy atom. The number of anilines is 1. The first-order valence-corrected chi connectivity index (χ1v) is 13.4. The standard InChI is InChI=1S/C25H19Cl2N5O2S2/c1-15-4-7-17(8-5-15)32-23(21-3-2-10-34-21)30-31-25(32)35-14-22(33)29-24-28-13-18(36-24)11-16-6-9-19(26)20(27)12-16/h2-10,12-13H,11,14H2,1H3,(H,28,29,33). The van der Waals surface area contributed by atoms with Crippen molar-refractivity contribution < 1.29 is 9.21 Å². The van der Waals surface area contributed by atoms with Gasteiger partial charge in [0, 0.05) is 23.2 Å². The molecule has 0 fully saturated rings. The monoisotopic (exact) mass is 555 g/mol. The first-order valence-electron chi connectivity index (χ1n) is 10.8. The highest BCUT2D eigenvalue weighted by Gasteiger charge is 2.19. The number of thioether (sulfide) groups is 1. The minimum atomic E-state index is -0.187. The second kappa shape index (κ2) is 10.9. The second-order valence-corrected chi connectivity index (χ2v) is 10.7. The fourth-order valence-electron chi connectivity index (χ4n) is 3.44. The molecule has 0 aliphatic rings. The van der Waals surface area contributed by atoms with Crippen LogP contribution in [0.4, 0.5) is 5.13 Å². The number of carbonyl (C=O) groups is 1. The lowest BCUT2D eigenvalue weighted by molar-refractivity contribution is -0.113. The van der Waals surface area contributed by atoms with Gasteiger partial charge in [-0.1, -0.05) is 58.7 Å². The molecule has 5 rings (SSSR count). The van der Waals surface area contributed by atoms with E-state index >= 15 is 0 Å². The summed E-state index contributed by atoms with van der Waals surface area (Å²) in [6.45, 7) is 2.03. The number of aromatic nitrogens is 4. The fourth-order valence-corrected chi connectivity index (χ4v) is 5.37. The van der Waals surface area contributed by atoms with E-state index < -0.39 is 0 Å². The van der Waals surface area contributed by atoms with Crippen LogP contribution in [-0.2, 0) is 11.2 Å². The first kappa shape index (κ1) is 24.6. The highest BCUT2D eigenvalue weighted by molar-refractivity contribution is 7.99. The van der Waals surface area contributed by atoms with Crippen LogP contribution in [0.3, 0.4) is 0 Å². The maximum absolute atomic E-state index is 12.7. The maximum atomic E-state index is 12.7. The Balaban J connectivity index is 1.26. The molecule has 0 bridgehead atoms. The number of nitrogens with one attached hydrogen (secondary N) is 1. The van der Waals surface area contributed by atoms with Crippen LogP contribution < -0.4 is 5.32 Å². The van der Waals surface area contributed by atoms with Crippen molar-refractivity contribution in [2.75, 3.05) is 11.1 Å². The van der Waals surface area contributed by atoms with Crippen molar-refractivity contribution in [3.05, 3.63) is 93.1 Å². The van der Waals surface area contributed by atoms with Gasteiger partial charge in [-0.2, -0.15) is 0 Å².